The molecule has 1 aromatic carbocycles. The number of rotatable bonds is 5. The largest absolute Gasteiger partial charge is 0.477 e. The van der Waals surface area contributed by atoms with Crippen molar-refractivity contribution < 1.29 is 23.5 Å². The molecule has 0 atom stereocenters. The van der Waals surface area contributed by atoms with Crippen molar-refractivity contribution in [3.05, 3.63) is 59.4 Å². The minimum atomic E-state index is -1.14. The van der Waals surface area contributed by atoms with Crippen molar-refractivity contribution in [2.75, 3.05) is 0 Å². The summed E-state index contributed by atoms with van der Waals surface area (Å²) in [5, 5.41) is 11.3. The van der Waals surface area contributed by atoms with Crippen molar-refractivity contribution in [1.82, 2.24) is 9.88 Å². The van der Waals surface area contributed by atoms with Gasteiger partial charge in [-0.25, -0.2) is 13.6 Å². The lowest BCUT2D eigenvalue weighted by atomic mass is 10.2. The van der Waals surface area contributed by atoms with Gasteiger partial charge in [0.1, 0.15) is 23.9 Å². The van der Waals surface area contributed by atoms with Crippen molar-refractivity contribution >= 4 is 11.9 Å². The molecular weight excluding hydrogens is 282 g/mol. The van der Waals surface area contributed by atoms with Crippen LogP contribution in [0.4, 0.5) is 8.78 Å². The van der Waals surface area contributed by atoms with Gasteiger partial charge in [-0.2, -0.15) is 0 Å². The van der Waals surface area contributed by atoms with Crippen LogP contribution in [-0.4, -0.2) is 21.6 Å². The third-order valence-electron chi connectivity index (χ3n) is 2.85. The maximum Gasteiger partial charge on any atom is 0.352 e. The number of aromatic carboxylic acids is 1. The predicted octanol–water partition coefficient (Wildman–Crippen LogP) is 1.78. The highest BCUT2D eigenvalue weighted by molar-refractivity contribution is 5.86. The number of hydrogen-bond donors (Lipinski definition) is 2. The van der Waals surface area contributed by atoms with Gasteiger partial charge >= 0.3 is 5.97 Å². The average Bonchev–Trinajstić information content (AvgIpc) is 2.86. The molecule has 0 saturated carbocycles. The first kappa shape index (κ1) is 14.7. The van der Waals surface area contributed by atoms with Crippen molar-refractivity contribution in [2.24, 2.45) is 0 Å². The fraction of sp³-hybridized carbons (Fsp3) is 0.143. The molecule has 0 unspecified atom stereocenters. The van der Waals surface area contributed by atoms with Crippen molar-refractivity contribution in [1.29, 1.82) is 0 Å². The number of halogens is 2. The summed E-state index contributed by atoms with van der Waals surface area (Å²) in [6.45, 7) is -0.300. The van der Waals surface area contributed by atoms with E-state index < -0.39 is 23.5 Å². The Bertz CT molecular complexity index is 683. The smallest absolute Gasteiger partial charge is 0.352 e. The van der Waals surface area contributed by atoms with Gasteiger partial charge in [0.15, 0.2) is 0 Å². The summed E-state index contributed by atoms with van der Waals surface area (Å²) in [5.74, 6) is -3.06. The van der Waals surface area contributed by atoms with Gasteiger partial charge < -0.3 is 15.0 Å². The molecular formula is C14H12F2N2O3. The monoisotopic (exact) mass is 294 g/mol. The second kappa shape index (κ2) is 6.17. The Morgan fingerprint density at radius 3 is 2.67 bits per heavy atom. The van der Waals surface area contributed by atoms with Crippen LogP contribution in [0.1, 0.15) is 16.1 Å². The average molecular weight is 294 g/mol. The summed E-state index contributed by atoms with van der Waals surface area (Å²) < 4.78 is 27.4. The molecule has 5 nitrogen and oxygen atoms in total. The molecule has 110 valence electrons. The van der Waals surface area contributed by atoms with Crippen LogP contribution in [0.3, 0.4) is 0 Å². The summed E-state index contributed by atoms with van der Waals surface area (Å²) in [7, 11) is 0. The summed E-state index contributed by atoms with van der Waals surface area (Å²) in [5.41, 5.74) is 0.133. The second-order valence-corrected chi connectivity index (χ2v) is 4.34. The number of amides is 1. The lowest BCUT2D eigenvalue weighted by molar-refractivity contribution is -0.121. The van der Waals surface area contributed by atoms with E-state index in [1.807, 2.05) is 0 Å². The van der Waals surface area contributed by atoms with Gasteiger partial charge in [0, 0.05) is 24.4 Å². The summed E-state index contributed by atoms with van der Waals surface area (Å²) in [6.07, 6.45) is 1.46. The van der Waals surface area contributed by atoms with Gasteiger partial charge in [0.05, 0.1) is 0 Å². The molecule has 0 spiro atoms. The Kier molecular flexibility index (Phi) is 4.32. The number of nitrogens with zero attached hydrogens (tertiary/aromatic N) is 1. The molecule has 2 rings (SSSR count). The van der Waals surface area contributed by atoms with E-state index in [0.29, 0.717) is 0 Å². The zero-order valence-electron chi connectivity index (χ0n) is 10.8. The van der Waals surface area contributed by atoms with Crippen LogP contribution in [-0.2, 0) is 17.9 Å². The molecule has 2 N–H and O–H groups in total. The van der Waals surface area contributed by atoms with Crippen LogP contribution in [0.25, 0.3) is 0 Å². The highest BCUT2D eigenvalue weighted by Gasteiger charge is 2.12. The van der Waals surface area contributed by atoms with Crippen LogP contribution in [0.15, 0.2) is 36.5 Å². The van der Waals surface area contributed by atoms with E-state index in [1.165, 1.54) is 29.0 Å². The lowest BCUT2D eigenvalue weighted by Crippen LogP contribution is -2.28. The Labute approximate surface area is 118 Å². The number of carboxylic acid groups (broad SMARTS) is 1. The fourth-order valence-corrected chi connectivity index (χ4v) is 1.82. The van der Waals surface area contributed by atoms with Gasteiger partial charge in [0.2, 0.25) is 5.91 Å². The standard InChI is InChI=1S/C14H12F2N2O3/c15-10-4-3-9(11(16)6-10)7-17-13(19)8-18-5-1-2-12(18)14(20)21/h1-6H,7-8H2,(H,17,19)(H,20,21). The van der Waals surface area contributed by atoms with Gasteiger partial charge in [-0.3, -0.25) is 4.79 Å². The van der Waals surface area contributed by atoms with Crippen molar-refractivity contribution in [2.45, 2.75) is 13.1 Å². The Morgan fingerprint density at radius 1 is 1.24 bits per heavy atom. The highest BCUT2D eigenvalue weighted by Crippen LogP contribution is 2.09. The molecule has 2 aromatic rings. The first-order valence-electron chi connectivity index (χ1n) is 6.06. The molecule has 1 heterocycles. The molecule has 21 heavy (non-hydrogen) atoms. The van der Waals surface area contributed by atoms with Crippen LogP contribution >= 0.6 is 0 Å². The molecule has 1 amide bonds. The molecule has 0 bridgehead atoms. The van der Waals surface area contributed by atoms with E-state index in [-0.39, 0.29) is 24.3 Å². The van der Waals surface area contributed by atoms with E-state index in [9.17, 15) is 18.4 Å². The Balaban J connectivity index is 1.96. The first-order valence-corrected chi connectivity index (χ1v) is 6.06. The summed E-state index contributed by atoms with van der Waals surface area (Å²) in [6, 6.07) is 5.95. The van der Waals surface area contributed by atoms with Crippen molar-refractivity contribution in [3.8, 4) is 0 Å². The van der Waals surface area contributed by atoms with Gasteiger partial charge in [-0.15, -0.1) is 0 Å². The third-order valence-corrected chi connectivity index (χ3v) is 2.85. The number of hydrogen-bond acceptors (Lipinski definition) is 2. The van der Waals surface area contributed by atoms with Gasteiger partial charge in [-0.1, -0.05) is 6.07 Å². The van der Waals surface area contributed by atoms with Crippen LogP contribution < -0.4 is 5.32 Å². The van der Waals surface area contributed by atoms with Crippen LogP contribution in [0.5, 0.6) is 0 Å². The van der Waals surface area contributed by atoms with Crippen LogP contribution in [0, 0.1) is 11.6 Å². The first-order chi connectivity index (χ1) is 9.97. The zero-order chi connectivity index (χ0) is 15.4. The molecule has 0 saturated heterocycles. The van der Waals surface area contributed by atoms with E-state index in [0.717, 1.165) is 12.1 Å². The minimum absolute atomic E-state index is 0.0156. The molecule has 0 aliphatic carbocycles. The number of nitrogens with one attached hydrogen (secondary N) is 1. The summed E-state index contributed by atoms with van der Waals surface area (Å²) >= 11 is 0. The number of benzene rings is 1. The lowest BCUT2D eigenvalue weighted by Gasteiger charge is -2.08. The predicted molar refractivity (Wildman–Crippen MR) is 69.6 cm³/mol. The maximum absolute atomic E-state index is 13.4. The normalized spacial score (nSPS) is 10.4. The molecule has 1 aromatic heterocycles. The van der Waals surface area contributed by atoms with E-state index in [1.54, 1.807) is 0 Å². The number of carboxylic acids is 1. The molecule has 0 fully saturated rings. The molecule has 0 aliphatic rings. The van der Waals surface area contributed by atoms with Gasteiger partial charge in [0.25, 0.3) is 0 Å². The number of aromatic nitrogens is 1. The quantitative estimate of drug-likeness (QED) is 0.883. The molecule has 0 radical (unpaired) electrons. The maximum atomic E-state index is 13.4. The van der Waals surface area contributed by atoms with E-state index in [2.05, 4.69) is 5.32 Å². The summed E-state index contributed by atoms with van der Waals surface area (Å²) in [4.78, 5) is 22.6. The Hall–Kier alpha value is -2.70. The highest BCUT2D eigenvalue weighted by atomic mass is 19.1. The van der Waals surface area contributed by atoms with Gasteiger partial charge in [-0.05, 0) is 18.2 Å². The molecule has 0 aliphatic heterocycles. The topological polar surface area (TPSA) is 71.3 Å². The SMILES string of the molecule is O=C(Cn1cccc1C(=O)O)NCc1ccc(F)cc1F. The number of carbonyl (C=O) groups is 2. The fourth-order valence-electron chi connectivity index (χ4n) is 1.82. The Morgan fingerprint density at radius 2 is 2.00 bits per heavy atom. The molecule has 7 heteroatoms. The minimum Gasteiger partial charge on any atom is -0.477 e. The second-order valence-electron chi connectivity index (χ2n) is 4.34. The van der Waals surface area contributed by atoms with E-state index >= 15 is 0 Å². The van der Waals surface area contributed by atoms with E-state index in [4.69, 9.17) is 5.11 Å². The zero-order valence-corrected chi connectivity index (χ0v) is 10.8. The third kappa shape index (κ3) is 3.65. The number of carbonyl (C=O) groups excluding carboxylic acids is 1. The van der Waals surface area contributed by atoms with Crippen LogP contribution in [0.2, 0.25) is 0 Å². The van der Waals surface area contributed by atoms with Crippen molar-refractivity contribution in [3.63, 3.8) is 0 Å².